The van der Waals surface area contributed by atoms with Crippen molar-refractivity contribution in [2.75, 3.05) is 11.6 Å². The van der Waals surface area contributed by atoms with E-state index >= 15 is 0 Å². The van der Waals surface area contributed by atoms with Crippen LogP contribution in [0.3, 0.4) is 0 Å². The maximum atomic E-state index is 5.62. The highest BCUT2D eigenvalue weighted by Crippen LogP contribution is 2.19. The zero-order chi connectivity index (χ0) is 9.52. The molecule has 0 radical (unpaired) electrons. The van der Waals surface area contributed by atoms with Crippen LogP contribution in [-0.4, -0.2) is 11.6 Å². The largest absolute Gasteiger partial charge is 0.126 e. The lowest BCUT2D eigenvalue weighted by molar-refractivity contribution is 1.13. The predicted molar refractivity (Wildman–Crippen MR) is 61.6 cm³/mol. The summed E-state index contributed by atoms with van der Waals surface area (Å²) in [6, 6.07) is 10.4. The quantitative estimate of drug-likeness (QED) is 0.405. The Morgan fingerprint density at radius 2 is 2.00 bits per heavy atom. The SMILES string of the molecule is C=C(CCl)CCSc1ccccc1. The van der Waals surface area contributed by atoms with Gasteiger partial charge in [-0.15, -0.1) is 23.4 Å². The lowest BCUT2D eigenvalue weighted by Crippen LogP contribution is -1.85. The monoisotopic (exact) mass is 212 g/mol. The Bertz CT molecular complexity index is 256. The van der Waals surface area contributed by atoms with E-state index in [1.54, 1.807) is 0 Å². The summed E-state index contributed by atoms with van der Waals surface area (Å²) in [4.78, 5) is 1.31. The molecule has 0 aliphatic carbocycles. The number of allylic oxidation sites excluding steroid dienone is 1. The second-order valence-corrected chi connectivity index (χ2v) is 4.23. The van der Waals surface area contributed by atoms with Crippen LogP contribution in [0.25, 0.3) is 0 Å². The molecule has 0 nitrogen and oxygen atoms in total. The summed E-state index contributed by atoms with van der Waals surface area (Å²) in [5, 5.41) is 0. The van der Waals surface area contributed by atoms with Gasteiger partial charge in [0.2, 0.25) is 0 Å². The molecule has 13 heavy (non-hydrogen) atoms. The summed E-state index contributed by atoms with van der Waals surface area (Å²) in [5.41, 5.74) is 1.12. The fourth-order valence-electron chi connectivity index (χ4n) is 0.897. The zero-order valence-corrected chi connectivity index (χ0v) is 9.07. The summed E-state index contributed by atoms with van der Waals surface area (Å²) < 4.78 is 0. The first kappa shape index (κ1) is 10.7. The van der Waals surface area contributed by atoms with E-state index in [0.29, 0.717) is 5.88 Å². The molecule has 0 saturated heterocycles. The van der Waals surface area contributed by atoms with Crippen molar-refractivity contribution in [3.05, 3.63) is 42.5 Å². The van der Waals surface area contributed by atoms with Crippen molar-refractivity contribution >= 4 is 23.4 Å². The average Bonchev–Trinajstić information content (AvgIpc) is 2.19. The molecule has 0 aliphatic rings. The maximum absolute atomic E-state index is 5.62. The minimum absolute atomic E-state index is 0.579. The van der Waals surface area contributed by atoms with Gasteiger partial charge in [-0.25, -0.2) is 0 Å². The fraction of sp³-hybridized carbons (Fsp3) is 0.273. The van der Waals surface area contributed by atoms with Crippen LogP contribution in [0.4, 0.5) is 0 Å². The Morgan fingerprint density at radius 1 is 1.31 bits per heavy atom. The van der Waals surface area contributed by atoms with Gasteiger partial charge in [-0.05, 0) is 18.6 Å². The van der Waals surface area contributed by atoms with E-state index in [1.165, 1.54) is 4.90 Å². The summed E-state index contributed by atoms with van der Waals surface area (Å²) in [5.74, 6) is 1.64. The summed E-state index contributed by atoms with van der Waals surface area (Å²) in [6.45, 7) is 3.86. The lowest BCUT2D eigenvalue weighted by atomic mass is 10.3. The Kier molecular flexibility index (Phi) is 5.02. The van der Waals surface area contributed by atoms with E-state index in [0.717, 1.165) is 17.7 Å². The van der Waals surface area contributed by atoms with Gasteiger partial charge in [-0.3, -0.25) is 0 Å². The minimum atomic E-state index is 0.579. The Morgan fingerprint density at radius 3 is 2.62 bits per heavy atom. The number of halogens is 1. The molecule has 0 N–H and O–H groups in total. The van der Waals surface area contributed by atoms with Gasteiger partial charge in [0, 0.05) is 16.5 Å². The van der Waals surface area contributed by atoms with E-state index in [1.807, 2.05) is 17.8 Å². The van der Waals surface area contributed by atoms with Crippen LogP contribution in [0.5, 0.6) is 0 Å². The predicted octanol–water partition coefficient (Wildman–Crippen LogP) is 3.96. The van der Waals surface area contributed by atoms with Crippen LogP contribution in [0.2, 0.25) is 0 Å². The molecule has 0 bridgehead atoms. The molecule has 1 aromatic rings. The fourth-order valence-corrected chi connectivity index (χ4v) is 2.01. The first-order valence-electron chi connectivity index (χ1n) is 4.23. The van der Waals surface area contributed by atoms with Crippen molar-refractivity contribution < 1.29 is 0 Å². The van der Waals surface area contributed by atoms with Crippen molar-refractivity contribution in [3.63, 3.8) is 0 Å². The maximum Gasteiger partial charge on any atom is 0.0431 e. The number of hydrogen-bond donors (Lipinski definition) is 0. The lowest BCUT2D eigenvalue weighted by Gasteiger charge is -2.01. The third-order valence-corrected chi connectivity index (χ3v) is 3.05. The topological polar surface area (TPSA) is 0 Å². The van der Waals surface area contributed by atoms with Gasteiger partial charge < -0.3 is 0 Å². The van der Waals surface area contributed by atoms with Gasteiger partial charge in [0.25, 0.3) is 0 Å². The Hall–Kier alpha value is -0.400. The standard InChI is InChI=1S/C11H13ClS/c1-10(9-12)7-8-13-11-5-3-2-4-6-11/h2-6H,1,7-9H2. The third-order valence-electron chi connectivity index (χ3n) is 1.66. The molecule has 70 valence electrons. The van der Waals surface area contributed by atoms with Gasteiger partial charge in [0.15, 0.2) is 0 Å². The summed E-state index contributed by atoms with van der Waals surface area (Å²) in [6.07, 6.45) is 1.00. The third kappa shape index (κ3) is 4.39. The van der Waals surface area contributed by atoms with Crippen molar-refractivity contribution in [2.45, 2.75) is 11.3 Å². The first-order chi connectivity index (χ1) is 6.33. The minimum Gasteiger partial charge on any atom is -0.126 e. The van der Waals surface area contributed by atoms with E-state index < -0.39 is 0 Å². The normalized spacial score (nSPS) is 9.92. The smallest absolute Gasteiger partial charge is 0.0431 e. The molecule has 0 amide bonds. The molecule has 0 heterocycles. The van der Waals surface area contributed by atoms with Crippen LogP contribution in [0.15, 0.2) is 47.4 Å². The van der Waals surface area contributed by atoms with E-state index in [4.69, 9.17) is 11.6 Å². The number of alkyl halides is 1. The molecule has 1 aromatic carbocycles. The first-order valence-corrected chi connectivity index (χ1v) is 5.75. The second-order valence-electron chi connectivity index (χ2n) is 2.80. The molecule has 0 unspecified atom stereocenters. The van der Waals surface area contributed by atoms with Gasteiger partial charge in [0.1, 0.15) is 0 Å². The second kappa shape index (κ2) is 6.11. The van der Waals surface area contributed by atoms with Gasteiger partial charge >= 0.3 is 0 Å². The molecule has 0 saturated carbocycles. The summed E-state index contributed by atoms with van der Waals surface area (Å²) in [7, 11) is 0. The van der Waals surface area contributed by atoms with Crippen LogP contribution in [0, 0.1) is 0 Å². The molecule has 0 atom stereocenters. The van der Waals surface area contributed by atoms with Crippen molar-refractivity contribution in [1.29, 1.82) is 0 Å². The number of thioether (sulfide) groups is 1. The zero-order valence-electron chi connectivity index (χ0n) is 7.50. The molecular weight excluding hydrogens is 200 g/mol. The van der Waals surface area contributed by atoms with Crippen molar-refractivity contribution in [1.82, 2.24) is 0 Å². The van der Waals surface area contributed by atoms with Gasteiger partial charge in [0.05, 0.1) is 0 Å². The van der Waals surface area contributed by atoms with Crippen molar-refractivity contribution in [2.24, 2.45) is 0 Å². The molecule has 0 spiro atoms. The van der Waals surface area contributed by atoms with Crippen LogP contribution in [-0.2, 0) is 0 Å². The van der Waals surface area contributed by atoms with Gasteiger partial charge in [-0.2, -0.15) is 0 Å². The van der Waals surface area contributed by atoms with Crippen molar-refractivity contribution in [3.8, 4) is 0 Å². The van der Waals surface area contributed by atoms with E-state index in [9.17, 15) is 0 Å². The molecule has 0 aromatic heterocycles. The summed E-state index contributed by atoms with van der Waals surface area (Å²) >= 11 is 7.47. The highest BCUT2D eigenvalue weighted by molar-refractivity contribution is 7.99. The number of hydrogen-bond acceptors (Lipinski definition) is 1. The van der Waals surface area contributed by atoms with Crippen LogP contribution in [0.1, 0.15) is 6.42 Å². The van der Waals surface area contributed by atoms with E-state index in [2.05, 4.69) is 30.8 Å². The Balaban J connectivity index is 2.24. The molecule has 1 rings (SSSR count). The Labute approximate surface area is 89.0 Å². The van der Waals surface area contributed by atoms with Crippen LogP contribution >= 0.6 is 23.4 Å². The molecule has 2 heteroatoms. The number of rotatable bonds is 5. The number of benzene rings is 1. The highest BCUT2D eigenvalue weighted by atomic mass is 35.5. The van der Waals surface area contributed by atoms with Crippen LogP contribution < -0.4 is 0 Å². The molecule has 0 fully saturated rings. The van der Waals surface area contributed by atoms with E-state index in [-0.39, 0.29) is 0 Å². The molecule has 0 aliphatic heterocycles. The average molecular weight is 213 g/mol. The highest BCUT2D eigenvalue weighted by Gasteiger charge is 1.94. The molecular formula is C11H13ClS. The van der Waals surface area contributed by atoms with Gasteiger partial charge in [-0.1, -0.05) is 30.4 Å².